The van der Waals surface area contributed by atoms with E-state index in [4.69, 9.17) is 33.5 Å². The molecule has 0 saturated heterocycles. The molecule has 136 valence electrons. The molecule has 7 nitrogen and oxygen atoms in total. The van der Waals surface area contributed by atoms with E-state index in [1.165, 1.54) is 16.4 Å². The molecule has 0 fully saturated rings. The van der Waals surface area contributed by atoms with Gasteiger partial charge in [0.05, 0.1) is 10.8 Å². The van der Waals surface area contributed by atoms with Gasteiger partial charge < -0.3 is 10.3 Å². The average Bonchev–Trinajstić information content (AvgIpc) is 3.28. The lowest BCUT2D eigenvalue weighted by atomic mass is 10.2. The second-order valence-corrected chi connectivity index (χ2v) is 7.24. The average molecular weight is 419 g/mol. The second-order valence-electron chi connectivity index (χ2n) is 5.46. The lowest BCUT2D eigenvalue weighted by molar-refractivity contribution is 0.528. The maximum atomic E-state index is 6.22. The summed E-state index contributed by atoms with van der Waals surface area (Å²) in [5.74, 6) is 7.89. The van der Waals surface area contributed by atoms with Crippen LogP contribution < -0.4 is 5.84 Å². The molecule has 4 aromatic rings. The van der Waals surface area contributed by atoms with Crippen molar-refractivity contribution in [3.63, 3.8) is 0 Å². The van der Waals surface area contributed by atoms with Crippen LogP contribution in [0.5, 0.6) is 0 Å². The van der Waals surface area contributed by atoms with Gasteiger partial charge in [-0.05, 0) is 30.3 Å². The summed E-state index contributed by atoms with van der Waals surface area (Å²) < 4.78 is 7.05. The number of hydrogen-bond donors (Lipinski definition) is 1. The van der Waals surface area contributed by atoms with Crippen LogP contribution in [0.1, 0.15) is 5.89 Å². The Labute approximate surface area is 168 Å². The summed E-state index contributed by atoms with van der Waals surface area (Å²) in [6, 6.07) is 14.7. The van der Waals surface area contributed by atoms with Gasteiger partial charge in [0.2, 0.25) is 16.9 Å². The molecule has 0 amide bonds. The van der Waals surface area contributed by atoms with E-state index >= 15 is 0 Å². The van der Waals surface area contributed by atoms with Crippen LogP contribution in [-0.2, 0) is 5.75 Å². The van der Waals surface area contributed by atoms with Gasteiger partial charge in [0.25, 0.3) is 0 Å². The first-order chi connectivity index (χ1) is 13.1. The van der Waals surface area contributed by atoms with E-state index in [0.29, 0.717) is 44.1 Å². The summed E-state index contributed by atoms with van der Waals surface area (Å²) in [6.07, 6.45) is 0. The fraction of sp³-hybridized carbons (Fsp3) is 0.0588. The predicted molar refractivity (Wildman–Crippen MR) is 105 cm³/mol. The van der Waals surface area contributed by atoms with Gasteiger partial charge in [-0.2, -0.15) is 0 Å². The van der Waals surface area contributed by atoms with E-state index in [9.17, 15) is 0 Å². The lowest BCUT2D eigenvalue weighted by Crippen LogP contribution is -2.11. The SMILES string of the molecule is Nn1c(SCc2nnc(-c3ccccc3)o2)nnc1-c1ccc(Cl)cc1Cl. The Morgan fingerprint density at radius 1 is 1.00 bits per heavy atom. The number of nitrogens with two attached hydrogens (primary N) is 1. The highest BCUT2D eigenvalue weighted by molar-refractivity contribution is 7.98. The van der Waals surface area contributed by atoms with Gasteiger partial charge in [0.1, 0.15) is 0 Å². The minimum absolute atomic E-state index is 0.406. The van der Waals surface area contributed by atoms with Gasteiger partial charge in [-0.1, -0.05) is 53.2 Å². The highest BCUT2D eigenvalue weighted by Crippen LogP contribution is 2.31. The first kappa shape index (κ1) is 17.8. The highest BCUT2D eigenvalue weighted by Gasteiger charge is 2.16. The van der Waals surface area contributed by atoms with Gasteiger partial charge in [0.15, 0.2) is 5.82 Å². The number of hydrogen-bond acceptors (Lipinski definition) is 7. The molecule has 27 heavy (non-hydrogen) atoms. The summed E-state index contributed by atoms with van der Waals surface area (Å²) in [7, 11) is 0. The molecule has 0 aliphatic carbocycles. The molecule has 0 unspecified atom stereocenters. The van der Waals surface area contributed by atoms with Crippen molar-refractivity contribution >= 4 is 35.0 Å². The monoisotopic (exact) mass is 418 g/mol. The minimum atomic E-state index is 0.406. The molecule has 2 aromatic carbocycles. The predicted octanol–water partition coefficient (Wildman–Crippen LogP) is 4.31. The number of nitrogens with zero attached hydrogens (tertiary/aromatic N) is 5. The molecule has 10 heteroatoms. The number of rotatable bonds is 5. The number of thioether (sulfide) groups is 1. The molecular formula is C17H12Cl2N6OS. The zero-order valence-corrected chi connectivity index (χ0v) is 16.0. The zero-order chi connectivity index (χ0) is 18.8. The van der Waals surface area contributed by atoms with E-state index in [1.54, 1.807) is 18.2 Å². The van der Waals surface area contributed by atoms with E-state index in [2.05, 4.69) is 20.4 Å². The van der Waals surface area contributed by atoms with Crippen molar-refractivity contribution in [2.75, 3.05) is 5.84 Å². The molecule has 0 bridgehead atoms. The van der Waals surface area contributed by atoms with Crippen molar-refractivity contribution in [2.45, 2.75) is 10.9 Å². The molecule has 4 rings (SSSR count). The first-order valence-electron chi connectivity index (χ1n) is 7.78. The molecule has 2 heterocycles. The summed E-state index contributed by atoms with van der Waals surface area (Å²) in [5.41, 5.74) is 1.51. The van der Waals surface area contributed by atoms with E-state index in [0.717, 1.165) is 5.56 Å². The molecule has 2 aromatic heterocycles. The molecule has 0 atom stereocenters. The second kappa shape index (κ2) is 7.59. The third kappa shape index (κ3) is 3.78. The standard InChI is InChI=1S/C17H12Cl2N6OS/c18-11-6-7-12(13(19)8-11)15-22-24-17(25(15)20)27-9-14-21-23-16(26-14)10-4-2-1-3-5-10/h1-8H,9,20H2. The van der Waals surface area contributed by atoms with Crippen LogP contribution in [0.4, 0.5) is 0 Å². The van der Waals surface area contributed by atoms with Gasteiger partial charge in [-0.15, -0.1) is 20.4 Å². The van der Waals surface area contributed by atoms with E-state index in [1.807, 2.05) is 30.3 Å². The number of benzene rings is 2. The summed E-state index contributed by atoms with van der Waals surface area (Å²) in [4.78, 5) is 0. The molecule has 0 radical (unpaired) electrons. The molecule has 0 saturated carbocycles. The Kier molecular flexibility index (Phi) is 5.02. The number of aromatic nitrogens is 5. The third-order valence-electron chi connectivity index (χ3n) is 3.65. The van der Waals surface area contributed by atoms with Crippen LogP contribution in [0.3, 0.4) is 0 Å². The normalized spacial score (nSPS) is 11.0. The fourth-order valence-electron chi connectivity index (χ4n) is 2.37. The van der Waals surface area contributed by atoms with Crippen molar-refractivity contribution in [1.29, 1.82) is 0 Å². The van der Waals surface area contributed by atoms with Gasteiger partial charge >= 0.3 is 0 Å². The lowest BCUT2D eigenvalue weighted by Gasteiger charge is -2.05. The Bertz CT molecular complexity index is 1080. The van der Waals surface area contributed by atoms with Crippen LogP contribution in [0.2, 0.25) is 10.0 Å². The molecule has 0 spiro atoms. The van der Waals surface area contributed by atoms with Crippen LogP contribution >= 0.6 is 35.0 Å². The summed E-state index contributed by atoms with van der Waals surface area (Å²) in [5, 5.41) is 17.8. The smallest absolute Gasteiger partial charge is 0.247 e. The van der Waals surface area contributed by atoms with Gasteiger partial charge in [0, 0.05) is 16.1 Å². The largest absolute Gasteiger partial charge is 0.420 e. The van der Waals surface area contributed by atoms with Gasteiger partial charge in [-0.25, -0.2) is 4.68 Å². The van der Waals surface area contributed by atoms with E-state index < -0.39 is 0 Å². The molecule has 2 N–H and O–H groups in total. The van der Waals surface area contributed by atoms with E-state index in [-0.39, 0.29) is 0 Å². The Morgan fingerprint density at radius 3 is 2.59 bits per heavy atom. The van der Waals surface area contributed by atoms with Crippen molar-refractivity contribution in [2.24, 2.45) is 0 Å². The molecule has 0 aliphatic rings. The van der Waals surface area contributed by atoms with Crippen LogP contribution in [-0.4, -0.2) is 25.1 Å². The Balaban J connectivity index is 1.50. The van der Waals surface area contributed by atoms with Crippen LogP contribution in [0, 0.1) is 0 Å². The van der Waals surface area contributed by atoms with Crippen molar-refractivity contribution in [3.8, 4) is 22.8 Å². The zero-order valence-electron chi connectivity index (χ0n) is 13.7. The Morgan fingerprint density at radius 2 is 1.81 bits per heavy atom. The highest BCUT2D eigenvalue weighted by atomic mass is 35.5. The number of halogens is 2. The minimum Gasteiger partial charge on any atom is -0.420 e. The quantitative estimate of drug-likeness (QED) is 0.380. The van der Waals surface area contributed by atoms with Crippen LogP contribution in [0.25, 0.3) is 22.8 Å². The van der Waals surface area contributed by atoms with Crippen molar-refractivity contribution in [1.82, 2.24) is 25.1 Å². The Hall–Kier alpha value is -2.55. The third-order valence-corrected chi connectivity index (χ3v) is 5.12. The maximum Gasteiger partial charge on any atom is 0.247 e. The van der Waals surface area contributed by atoms with Gasteiger partial charge in [-0.3, -0.25) is 0 Å². The maximum absolute atomic E-state index is 6.22. The number of nitrogen functional groups attached to an aromatic ring is 1. The van der Waals surface area contributed by atoms with Crippen molar-refractivity contribution in [3.05, 3.63) is 64.5 Å². The topological polar surface area (TPSA) is 95.7 Å². The molecule has 0 aliphatic heterocycles. The first-order valence-corrected chi connectivity index (χ1v) is 9.52. The summed E-state index contributed by atoms with van der Waals surface area (Å²) >= 11 is 13.5. The summed E-state index contributed by atoms with van der Waals surface area (Å²) in [6.45, 7) is 0. The fourth-order valence-corrected chi connectivity index (χ4v) is 3.55. The molecular weight excluding hydrogens is 407 g/mol. The van der Waals surface area contributed by atoms with Crippen LogP contribution in [0.15, 0.2) is 58.1 Å². The van der Waals surface area contributed by atoms with Crippen molar-refractivity contribution < 1.29 is 4.42 Å².